The van der Waals surface area contributed by atoms with Gasteiger partial charge in [0, 0.05) is 7.11 Å². The molecule has 0 spiro atoms. The second-order valence-corrected chi connectivity index (χ2v) is 6.04. The van der Waals surface area contributed by atoms with Crippen molar-refractivity contribution in [2.45, 2.75) is 46.7 Å². The molecule has 116 valence electrons. The van der Waals surface area contributed by atoms with Gasteiger partial charge in [-0.1, -0.05) is 39.3 Å². The van der Waals surface area contributed by atoms with E-state index in [0.717, 1.165) is 30.2 Å². The third kappa shape index (κ3) is 4.47. The van der Waals surface area contributed by atoms with Crippen molar-refractivity contribution in [3.63, 3.8) is 0 Å². The smallest absolute Gasteiger partial charge is 0.0834 e. The van der Waals surface area contributed by atoms with Gasteiger partial charge in [0.2, 0.25) is 0 Å². The highest BCUT2D eigenvalue weighted by Gasteiger charge is 2.27. The Bertz CT molecular complexity index is 392. The van der Waals surface area contributed by atoms with E-state index < -0.39 is 0 Å². The molecule has 0 saturated carbocycles. The minimum atomic E-state index is 0.224. The highest BCUT2D eigenvalue weighted by Crippen LogP contribution is 2.32. The predicted octanol–water partition coefficient (Wildman–Crippen LogP) is 3.52. The molecule has 1 aromatic heterocycles. The first-order valence-corrected chi connectivity index (χ1v) is 7.84. The lowest BCUT2D eigenvalue weighted by Crippen LogP contribution is -2.32. The first-order valence-electron chi connectivity index (χ1n) is 7.46. The number of nitrogens with one attached hydrogen (secondary N) is 1. The topological polar surface area (TPSA) is 39.1 Å². The fourth-order valence-electron chi connectivity index (χ4n) is 2.25. The summed E-state index contributed by atoms with van der Waals surface area (Å²) >= 11 is 6.38. The van der Waals surface area contributed by atoms with Crippen LogP contribution in [0.1, 0.15) is 45.9 Å². The SMILES string of the molecule is CCCNC(c1c(Cl)cnn1CCOC)C(C)C(C)C. The number of ether oxygens (including phenoxy) is 1. The standard InChI is InChI=1S/C15H28ClN3O/c1-6-7-17-14(12(4)11(2)3)15-13(16)10-18-19(15)8-9-20-5/h10-12,14,17H,6-9H2,1-5H3. The summed E-state index contributed by atoms with van der Waals surface area (Å²) in [6.07, 6.45) is 2.84. The normalized spacial score (nSPS) is 14.8. The van der Waals surface area contributed by atoms with Gasteiger partial charge in [-0.15, -0.1) is 0 Å². The zero-order valence-electron chi connectivity index (χ0n) is 13.3. The Morgan fingerprint density at radius 3 is 2.65 bits per heavy atom. The highest BCUT2D eigenvalue weighted by molar-refractivity contribution is 6.31. The van der Waals surface area contributed by atoms with Crippen LogP contribution in [0.5, 0.6) is 0 Å². The second kappa shape index (κ2) is 8.65. The number of methoxy groups -OCH3 is 1. The summed E-state index contributed by atoms with van der Waals surface area (Å²) in [5, 5.41) is 8.75. The Morgan fingerprint density at radius 2 is 2.10 bits per heavy atom. The number of hydrogen-bond acceptors (Lipinski definition) is 3. The molecule has 0 amide bonds. The molecule has 0 aliphatic rings. The van der Waals surface area contributed by atoms with Crippen molar-refractivity contribution in [2.24, 2.45) is 11.8 Å². The quantitative estimate of drug-likeness (QED) is 0.758. The Hall–Kier alpha value is -0.580. The minimum absolute atomic E-state index is 0.224. The van der Waals surface area contributed by atoms with Crippen molar-refractivity contribution in [3.05, 3.63) is 16.9 Å². The predicted molar refractivity (Wildman–Crippen MR) is 84.1 cm³/mol. The van der Waals surface area contributed by atoms with Crippen molar-refractivity contribution < 1.29 is 4.74 Å². The summed E-state index contributed by atoms with van der Waals surface area (Å²) in [6.45, 7) is 11.3. The van der Waals surface area contributed by atoms with E-state index in [-0.39, 0.29) is 6.04 Å². The first kappa shape index (κ1) is 17.5. The Kier molecular flexibility index (Phi) is 7.56. The fourth-order valence-corrected chi connectivity index (χ4v) is 2.51. The van der Waals surface area contributed by atoms with Gasteiger partial charge < -0.3 is 10.1 Å². The molecule has 0 aliphatic heterocycles. The second-order valence-electron chi connectivity index (χ2n) is 5.63. The van der Waals surface area contributed by atoms with Gasteiger partial charge in [-0.25, -0.2) is 0 Å². The van der Waals surface area contributed by atoms with Crippen molar-refractivity contribution in [1.82, 2.24) is 15.1 Å². The molecule has 0 aromatic carbocycles. The van der Waals surface area contributed by atoms with Gasteiger partial charge in [0.05, 0.1) is 36.1 Å². The zero-order valence-corrected chi connectivity index (χ0v) is 14.1. The molecule has 20 heavy (non-hydrogen) atoms. The summed E-state index contributed by atoms with van der Waals surface area (Å²) < 4.78 is 7.12. The number of halogens is 1. The molecule has 0 radical (unpaired) electrons. The molecule has 4 nitrogen and oxygen atoms in total. The van der Waals surface area contributed by atoms with Crippen LogP contribution in [0.2, 0.25) is 5.02 Å². The number of hydrogen-bond donors (Lipinski definition) is 1. The molecule has 0 saturated heterocycles. The van der Waals surface area contributed by atoms with E-state index in [1.54, 1.807) is 13.3 Å². The number of rotatable bonds is 9. The van der Waals surface area contributed by atoms with Crippen LogP contribution in [0, 0.1) is 11.8 Å². The van der Waals surface area contributed by atoms with E-state index in [0.29, 0.717) is 18.4 Å². The lowest BCUT2D eigenvalue weighted by atomic mass is 9.88. The highest BCUT2D eigenvalue weighted by atomic mass is 35.5. The van der Waals surface area contributed by atoms with E-state index in [4.69, 9.17) is 16.3 Å². The minimum Gasteiger partial charge on any atom is -0.383 e. The third-order valence-corrected chi connectivity index (χ3v) is 4.12. The van der Waals surface area contributed by atoms with Crippen LogP contribution in [0.3, 0.4) is 0 Å². The van der Waals surface area contributed by atoms with E-state index in [1.165, 1.54) is 0 Å². The Labute approximate surface area is 127 Å². The molecule has 1 heterocycles. The van der Waals surface area contributed by atoms with Crippen LogP contribution in [0.25, 0.3) is 0 Å². The van der Waals surface area contributed by atoms with Crippen molar-refractivity contribution in [3.8, 4) is 0 Å². The van der Waals surface area contributed by atoms with Crippen LogP contribution in [-0.4, -0.2) is 30.0 Å². The monoisotopic (exact) mass is 301 g/mol. The van der Waals surface area contributed by atoms with Gasteiger partial charge in [0.15, 0.2) is 0 Å². The average molecular weight is 302 g/mol. The van der Waals surface area contributed by atoms with Crippen molar-refractivity contribution in [2.75, 3.05) is 20.3 Å². The lowest BCUT2D eigenvalue weighted by Gasteiger charge is -2.29. The molecule has 0 aliphatic carbocycles. The first-order chi connectivity index (χ1) is 9.52. The van der Waals surface area contributed by atoms with E-state index in [2.05, 4.69) is 38.1 Å². The van der Waals surface area contributed by atoms with Crippen molar-refractivity contribution in [1.29, 1.82) is 0 Å². The summed E-state index contributed by atoms with van der Waals surface area (Å²) in [7, 11) is 1.70. The molecule has 0 fully saturated rings. The van der Waals surface area contributed by atoms with Crippen LogP contribution in [-0.2, 0) is 11.3 Å². The molecular formula is C15H28ClN3O. The summed E-state index contributed by atoms with van der Waals surface area (Å²) in [5.74, 6) is 1.06. The molecule has 1 N–H and O–H groups in total. The third-order valence-electron chi connectivity index (χ3n) is 3.83. The van der Waals surface area contributed by atoms with Gasteiger partial charge in [-0.2, -0.15) is 5.10 Å². The summed E-state index contributed by atoms with van der Waals surface area (Å²) in [4.78, 5) is 0. The van der Waals surface area contributed by atoms with Gasteiger partial charge in [0.1, 0.15) is 0 Å². The maximum atomic E-state index is 6.38. The molecule has 0 bridgehead atoms. The molecule has 1 aromatic rings. The molecule has 2 atom stereocenters. The Morgan fingerprint density at radius 1 is 1.40 bits per heavy atom. The summed E-state index contributed by atoms with van der Waals surface area (Å²) in [6, 6.07) is 0.224. The molecule has 1 rings (SSSR count). The van der Waals surface area contributed by atoms with Crippen LogP contribution in [0.4, 0.5) is 0 Å². The largest absolute Gasteiger partial charge is 0.383 e. The molecule has 2 unspecified atom stereocenters. The van der Waals surface area contributed by atoms with E-state index in [9.17, 15) is 0 Å². The van der Waals surface area contributed by atoms with Crippen molar-refractivity contribution >= 4 is 11.6 Å². The van der Waals surface area contributed by atoms with Crippen LogP contribution < -0.4 is 5.32 Å². The van der Waals surface area contributed by atoms with Crippen LogP contribution in [0.15, 0.2) is 6.20 Å². The summed E-state index contributed by atoms with van der Waals surface area (Å²) in [5.41, 5.74) is 1.08. The maximum Gasteiger partial charge on any atom is 0.0834 e. The zero-order chi connectivity index (χ0) is 15.1. The number of aromatic nitrogens is 2. The van der Waals surface area contributed by atoms with Gasteiger partial charge in [0.25, 0.3) is 0 Å². The van der Waals surface area contributed by atoms with Gasteiger partial charge in [-0.3, -0.25) is 4.68 Å². The molecule has 5 heteroatoms. The number of nitrogens with zero attached hydrogens (tertiary/aromatic N) is 2. The van der Waals surface area contributed by atoms with E-state index in [1.807, 2.05) is 4.68 Å². The Balaban J connectivity index is 3.02. The van der Waals surface area contributed by atoms with Gasteiger partial charge in [-0.05, 0) is 24.8 Å². The maximum absolute atomic E-state index is 6.38. The van der Waals surface area contributed by atoms with Crippen LogP contribution >= 0.6 is 11.6 Å². The fraction of sp³-hybridized carbons (Fsp3) is 0.800. The van der Waals surface area contributed by atoms with Gasteiger partial charge >= 0.3 is 0 Å². The lowest BCUT2D eigenvalue weighted by molar-refractivity contribution is 0.179. The van der Waals surface area contributed by atoms with E-state index >= 15 is 0 Å². The molecular weight excluding hydrogens is 274 g/mol. The average Bonchev–Trinajstić information content (AvgIpc) is 2.78.